The maximum absolute atomic E-state index is 13.1. The number of benzene rings is 2. The van der Waals surface area contributed by atoms with E-state index in [0.717, 1.165) is 35.2 Å². The van der Waals surface area contributed by atoms with Gasteiger partial charge in [-0.2, -0.15) is 18.3 Å². The van der Waals surface area contributed by atoms with Crippen LogP contribution >= 0.6 is 22.9 Å². The average molecular weight is 597 g/mol. The van der Waals surface area contributed by atoms with Gasteiger partial charge in [0, 0.05) is 25.2 Å². The van der Waals surface area contributed by atoms with E-state index in [0.29, 0.717) is 25.2 Å². The number of halogens is 4. The molecule has 0 aliphatic carbocycles. The number of carbonyl (C=O) groups is 2. The molecular formula is C27H28ClF3N4O4S. The predicted octanol–water partition coefficient (Wildman–Crippen LogP) is 5.00. The number of nitrogens with zero attached hydrogens (tertiary/aromatic N) is 2. The average Bonchev–Trinajstić information content (AvgIpc) is 3.32. The highest BCUT2D eigenvalue weighted by Gasteiger charge is 2.33. The minimum absolute atomic E-state index is 0.0806. The number of aliphatic hydroxyl groups is 2. The molecule has 214 valence electrons. The molecule has 8 nitrogen and oxygen atoms in total. The van der Waals surface area contributed by atoms with Gasteiger partial charge < -0.3 is 15.5 Å². The van der Waals surface area contributed by atoms with E-state index in [1.807, 2.05) is 11.0 Å². The summed E-state index contributed by atoms with van der Waals surface area (Å²) in [6, 6.07) is 11.6. The first-order valence-corrected chi connectivity index (χ1v) is 13.4. The maximum atomic E-state index is 13.1. The van der Waals surface area contributed by atoms with Gasteiger partial charge >= 0.3 is 6.18 Å². The molecule has 13 heteroatoms. The van der Waals surface area contributed by atoms with Gasteiger partial charge in [0.1, 0.15) is 4.88 Å². The zero-order valence-corrected chi connectivity index (χ0v) is 23.1. The van der Waals surface area contributed by atoms with Crippen LogP contribution in [0.15, 0.2) is 59.0 Å². The van der Waals surface area contributed by atoms with Crippen LogP contribution in [0.1, 0.15) is 50.6 Å². The fraction of sp³-hybridized carbons (Fsp3) is 0.296. The Morgan fingerprint density at radius 2 is 1.77 bits per heavy atom. The molecule has 0 spiro atoms. The van der Waals surface area contributed by atoms with Crippen LogP contribution in [0.5, 0.6) is 0 Å². The summed E-state index contributed by atoms with van der Waals surface area (Å²) in [4.78, 5) is 27.6. The standard InChI is InChI=1S/C27H28ClF3N4O4S/c1-16(36)13-35(14-17(2)37)15-19-4-3-5-20(10-19)25(38)33-23-8-9-40-24(23)26(39)34-32-12-18-6-7-22(28)21(11-18)27(29,30)31/h3-12,16-17,36-37H,13-15H2,1-2H3,(H,33,38)(H,34,39)/b32-12-. The molecule has 0 fully saturated rings. The third kappa shape index (κ3) is 9.14. The Balaban J connectivity index is 1.66. The normalized spacial score (nSPS) is 13.4. The maximum Gasteiger partial charge on any atom is 0.417 e. The highest BCUT2D eigenvalue weighted by atomic mass is 35.5. The molecule has 0 bridgehead atoms. The van der Waals surface area contributed by atoms with Gasteiger partial charge in [-0.15, -0.1) is 11.3 Å². The minimum Gasteiger partial charge on any atom is -0.392 e. The van der Waals surface area contributed by atoms with Crippen molar-refractivity contribution in [2.24, 2.45) is 5.10 Å². The number of carbonyl (C=O) groups excluding carboxylic acids is 2. The molecule has 40 heavy (non-hydrogen) atoms. The molecule has 1 aromatic heterocycles. The van der Waals surface area contributed by atoms with E-state index in [1.54, 1.807) is 43.5 Å². The first-order valence-electron chi connectivity index (χ1n) is 12.1. The minimum atomic E-state index is -4.64. The topological polar surface area (TPSA) is 114 Å². The first-order chi connectivity index (χ1) is 18.8. The highest BCUT2D eigenvalue weighted by Crippen LogP contribution is 2.34. The van der Waals surface area contributed by atoms with E-state index >= 15 is 0 Å². The number of hydrogen-bond acceptors (Lipinski definition) is 7. The molecule has 3 aromatic rings. The number of amides is 2. The largest absolute Gasteiger partial charge is 0.417 e. The summed E-state index contributed by atoms with van der Waals surface area (Å²) in [6.45, 7) is 4.40. The molecular weight excluding hydrogens is 569 g/mol. The Kier molecular flexibility index (Phi) is 10.8. The highest BCUT2D eigenvalue weighted by molar-refractivity contribution is 7.12. The van der Waals surface area contributed by atoms with Gasteiger partial charge in [-0.1, -0.05) is 29.8 Å². The van der Waals surface area contributed by atoms with E-state index in [9.17, 15) is 33.0 Å². The van der Waals surface area contributed by atoms with Gasteiger partial charge in [0.05, 0.1) is 34.7 Å². The first kappa shape index (κ1) is 31.2. The second kappa shape index (κ2) is 13.9. The second-order valence-electron chi connectivity index (χ2n) is 9.15. The van der Waals surface area contributed by atoms with Crippen LogP contribution in [0.2, 0.25) is 5.02 Å². The quantitative estimate of drug-likeness (QED) is 0.184. The Bertz CT molecular complexity index is 1350. The van der Waals surface area contributed by atoms with Crippen LogP contribution < -0.4 is 10.7 Å². The number of alkyl halides is 3. The SMILES string of the molecule is CC(O)CN(Cc1cccc(C(=O)Nc2ccsc2C(=O)N/N=C\c2ccc(Cl)c(C(F)(F)F)c2)c1)CC(C)O. The monoisotopic (exact) mass is 596 g/mol. The molecule has 3 rings (SSSR count). The number of rotatable bonds is 11. The third-order valence-corrected chi connectivity index (χ3v) is 6.68. The summed E-state index contributed by atoms with van der Waals surface area (Å²) < 4.78 is 39.2. The van der Waals surface area contributed by atoms with Gasteiger partial charge in [-0.3, -0.25) is 14.5 Å². The number of thiophene rings is 1. The van der Waals surface area contributed by atoms with Crippen LogP contribution in [0.3, 0.4) is 0 Å². The van der Waals surface area contributed by atoms with E-state index in [4.69, 9.17) is 11.6 Å². The molecule has 0 radical (unpaired) electrons. The lowest BCUT2D eigenvalue weighted by Crippen LogP contribution is -2.35. The summed E-state index contributed by atoms with van der Waals surface area (Å²) in [5.41, 5.74) is 2.68. The lowest BCUT2D eigenvalue weighted by Gasteiger charge is -2.25. The van der Waals surface area contributed by atoms with Crippen LogP contribution in [0.4, 0.5) is 18.9 Å². The second-order valence-corrected chi connectivity index (χ2v) is 10.5. The van der Waals surface area contributed by atoms with E-state index in [1.165, 1.54) is 6.07 Å². The van der Waals surface area contributed by atoms with Crippen LogP contribution in [0, 0.1) is 0 Å². The van der Waals surface area contributed by atoms with Gasteiger partial charge in [0.25, 0.3) is 11.8 Å². The molecule has 0 saturated carbocycles. The lowest BCUT2D eigenvalue weighted by atomic mass is 10.1. The summed E-state index contributed by atoms with van der Waals surface area (Å²) in [7, 11) is 0. The molecule has 2 unspecified atom stereocenters. The smallest absolute Gasteiger partial charge is 0.392 e. The third-order valence-electron chi connectivity index (χ3n) is 5.44. The zero-order chi connectivity index (χ0) is 29.4. The van der Waals surface area contributed by atoms with Gasteiger partial charge in [-0.25, -0.2) is 5.43 Å². The molecule has 2 amide bonds. The summed E-state index contributed by atoms with van der Waals surface area (Å²) >= 11 is 6.67. The predicted molar refractivity (Wildman–Crippen MR) is 149 cm³/mol. The van der Waals surface area contributed by atoms with Crippen LogP contribution in [-0.4, -0.2) is 58.4 Å². The number of hydrogen-bond donors (Lipinski definition) is 4. The Morgan fingerprint density at radius 1 is 1.07 bits per heavy atom. The number of nitrogens with one attached hydrogen (secondary N) is 2. The van der Waals surface area contributed by atoms with Crippen LogP contribution in [0.25, 0.3) is 0 Å². The number of anilines is 1. The van der Waals surface area contributed by atoms with Crippen molar-refractivity contribution in [3.8, 4) is 0 Å². The van der Waals surface area contributed by atoms with Crippen molar-refractivity contribution in [1.82, 2.24) is 10.3 Å². The number of hydrazone groups is 1. The fourth-order valence-electron chi connectivity index (χ4n) is 3.85. The molecule has 0 aliphatic rings. The summed E-state index contributed by atoms with van der Waals surface area (Å²) in [5, 5.41) is 27.1. The van der Waals surface area contributed by atoms with Gasteiger partial charge in [-0.05, 0) is 60.7 Å². The molecule has 2 atom stereocenters. The van der Waals surface area contributed by atoms with Crippen molar-refractivity contribution in [2.75, 3.05) is 18.4 Å². The molecule has 1 heterocycles. The Morgan fingerprint density at radius 3 is 2.42 bits per heavy atom. The van der Waals surface area contributed by atoms with Crippen molar-refractivity contribution >= 4 is 46.7 Å². The van der Waals surface area contributed by atoms with Crippen molar-refractivity contribution in [3.63, 3.8) is 0 Å². The molecule has 0 aliphatic heterocycles. The van der Waals surface area contributed by atoms with Crippen LogP contribution in [-0.2, 0) is 12.7 Å². The number of aliphatic hydroxyl groups excluding tert-OH is 2. The Hall–Kier alpha value is -3.29. The van der Waals surface area contributed by atoms with E-state index < -0.39 is 40.8 Å². The van der Waals surface area contributed by atoms with Gasteiger partial charge in [0.2, 0.25) is 0 Å². The zero-order valence-electron chi connectivity index (χ0n) is 21.6. The fourth-order valence-corrected chi connectivity index (χ4v) is 4.82. The lowest BCUT2D eigenvalue weighted by molar-refractivity contribution is -0.137. The summed E-state index contributed by atoms with van der Waals surface area (Å²) in [5.74, 6) is -1.12. The van der Waals surface area contributed by atoms with Crippen molar-refractivity contribution in [2.45, 2.75) is 38.8 Å². The van der Waals surface area contributed by atoms with Crippen molar-refractivity contribution in [1.29, 1.82) is 0 Å². The summed E-state index contributed by atoms with van der Waals surface area (Å²) in [6.07, 6.45) is -4.77. The molecule has 0 saturated heterocycles. The van der Waals surface area contributed by atoms with Crippen molar-refractivity contribution in [3.05, 3.63) is 86.1 Å². The molecule has 4 N–H and O–H groups in total. The Labute approximate surface area is 238 Å². The molecule has 2 aromatic carbocycles. The van der Waals surface area contributed by atoms with E-state index in [-0.39, 0.29) is 16.1 Å². The van der Waals surface area contributed by atoms with Gasteiger partial charge in [0.15, 0.2) is 0 Å². The van der Waals surface area contributed by atoms with E-state index in [2.05, 4.69) is 15.8 Å². The van der Waals surface area contributed by atoms with Crippen molar-refractivity contribution < 1.29 is 33.0 Å².